The maximum absolute atomic E-state index is 13.6. The third-order valence-electron chi connectivity index (χ3n) is 4.79. The first-order valence-corrected chi connectivity index (χ1v) is 9.73. The number of aromatic nitrogens is 2. The highest BCUT2D eigenvalue weighted by Gasteiger charge is 2.19. The van der Waals surface area contributed by atoms with Crippen molar-refractivity contribution in [1.82, 2.24) is 9.55 Å². The van der Waals surface area contributed by atoms with Crippen molar-refractivity contribution >= 4 is 11.5 Å². The molecule has 0 aliphatic heterocycles. The molecule has 9 heteroatoms. The number of likely N-dealkylation sites (N-methyl/N-ethyl adjacent to an activating group) is 1. The molecule has 0 saturated heterocycles. The monoisotopic (exact) mass is 428 g/mol. The molecule has 1 aromatic heterocycles. The highest BCUT2D eigenvalue weighted by Crippen LogP contribution is 2.17. The summed E-state index contributed by atoms with van der Waals surface area (Å²) >= 11 is 0. The van der Waals surface area contributed by atoms with Gasteiger partial charge in [-0.25, -0.2) is 9.18 Å². The van der Waals surface area contributed by atoms with Crippen molar-refractivity contribution in [2.45, 2.75) is 19.3 Å². The summed E-state index contributed by atoms with van der Waals surface area (Å²) in [6.07, 6.45) is -0.968. The summed E-state index contributed by atoms with van der Waals surface area (Å²) < 4.78 is 20.3. The lowest BCUT2D eigenvalue weighted by Crippen LogP contribution is -2.40. The van der Waals surface area contributed by atoms with Gasteiger partial charge in [-0.3, -0.25) is 14.3 Å². The van der Waals surface area contributed by atoms with E-state index in [9.17, 15) is 19.1 Å². The zero-order valence-corrected chi connectivity index (χ0v) is 17.1. The number of anilines is 2. The summed E-state index contributed by atoms with van der Waals surface area (Å²) in [6.45, 7) is 0.157. The zero-order chi connectivity index (χ0) is 22.4. The van der Waals surface area contributed by atoms with E-state index >= 15 is 0 Å². The van der Waals surface area contributed by atoms with Gasteiger partial charge in [-0.15, -0.1) is 0 Å². The minimum absolute atomic E-state index is 0.000391. The van der Waals surface area contributed by atoms with Gasteiger partial charge < -0.3 is 20.5 Å². The molecule has 1 unspecified atom stereocenters. The van der Waals surface area contributed by atoms with E-state index in [0.29, 0.717) is 5.56 Å². The van der Waals surface area contributed by atoms with Crippen molar-refractivity contribution in [2.24, 2.45) is 0 Å². The van der Waals surface area contributed by atoms with Crippen LogP contribution in [0, 0.1) is 5.82 Å². The van der Waals surface area contributed by atoms with Gasteiger partial charge in [0.2, 0.25) is 0 Å². The highest BCUT2D eigenvalue weighted by molar-refractivity contribution is 5.62. The predicted octanol–water partition coefficient (Wildman–Crippen LogP) is 1.32. The number of rotatable bonds is 9. The fourth-order valence-corrected chi connectivity index (χ4v) is 3.25. The van der Waals surface area contributed by atoms with Crippen LogP contribution in [-0.4, -0.2) is 41.0 Å². The molecule has 164 valence electrons. The molecule has 0 spiro atoms. The summed E-state index contributed by atoms with van der Waals surface area (Å²) in [7, 11) is 1.58. The second kappa shape index (κ2) is 10.1. The van der Waals surface area contributed by atoms with E-state index in [-0.39, 0.29) is 43.6 Å². The Labute approximate surface area is 178 Å². The van der Waals surface area contributed by atoms with Gasteiger partial charge in [0, 0.05) is 19.2 Å². The molecule has 0 radical (unpaired) electrons. The first-order chi connectivity index (χ1) is 14.9. The molecule has 3 rings (SSSR count). The second-order valence-electron chi connectivity index (χ2n) is 7.21. The average Bonchev–Trinajstić information content (AvgIpc) is 2.73. The van der Waals surface area contributed by atoms with Crippen LogP contribution in [0.4, 0.5) is 15.9 Å². The maximum atomic E-state index is 13.6. The van der Waals surface area contributed by atoms with E-state index < -0.39 is 17.4 Å². The number of aromatic amines is 1. The molecule has 2 aromatic carbocycles. The van der Waals surface area contributed by atoms with E-state index in [1.54, 1.807) is 25.2 Å². The molecular formula is C22H25FN4O4. The molecule has 0 amide bonds. The molecule has 1 atom stereocenters. The van der Waals surface area contributed by atoms with Crippen LogP contribution < -0.4 is 21.9 Å². The van der Waals surface area contributed by atoms with Crippen molar-refractivity contribution in [3.63, 3.8) is 0 Å². The number of aliphatic hydroxyl groups excluding tert-OH is 1. The van der Waals surface area contributed by atoms with Crippen molar-refractivity contribution in [3.05, 3.63) is 92.4 Å². The Hall–Kier alpha value is -3.43. The smallest absolute Gasteiger partial charge is 0.330 e. The number of nitrogen functional groups attached to an aromatic ring is 1. The topological polar surface area (TPSA) is 114 Å². The third kappa shape index (κ3) is 5.59. The van der Waals surface area contributed by atoms with Gasteiger partial charge in [-0.05, 0) is 11.6 Å². The highest BCUT2D eigenvalue weighted by atomic mass is 19.1. The Morgan fingerprint density at radius 3 is 2.55 bits per heavy atom. The average molecular weight is 428 g/mol. The predicted molar refractivity (Wildman–Crippen MR) is 117 cm³/mol. The Bertz CT molecular complexity index is 1130. The molecule has 0 aliphatic rings. The molecule has 1 heterocycles. The maximum Gasteiger partial charge on any atom is 0.330 e. The van der Waals surface area contributed by atoms with Gasteiger partial charge in [-0.2, -0.15) is 0 Å². The lowest BCUT2D eigenvalue weighted by Gasteiger charge is -2.24. The van der Waals surface area contributed by atoms with Crippen LogP contribution in [0.2, 0.25) is 0 Å². The molecule has 3 aromatic rings. The molecule has 0 fully saturated rings. The molecule has 31 heavy (non-hydrogen) atoms. The largest absolute Gasteiger partial charge is 0.389 e. The standard InChI is InChI=1S/C22H25FN4O4/c1-26(12-17(28)14-31-13-16-9-5-6-10-18(16)23)19-20(24)27(22(30)25-21(19)29)11-15-7-3-2-4-8-15/h2-10,17,28H,11-14,24H2,1H3,(H,25,29,30). The van der Waals surface area contributed by atoms with Gasteiger partial charge in [0.25, 0.3) is 5.56 Å². The molecule has 0 bridgehead atoms. The first-order valence-electron chi connectivity index (χ1n) is 9.73. The minimum atomic E-state index is -0.968. The van der Waals surface area contributed by atoms with Gasteiger partial charge in [0.1, 0.15) is 17.3 Å². The number of aliphatic hydroxyl groups is 1. The summed E-state index contributed by atoms with van der Waals surface area (Å²) in [5.41, 5.74) is 6.20. The number of hydrogen-bond acceptors (Lipinski definition) is 6. The van der Waals surface area contributed by atoms with E-state index in [0.717, 1.165) is 5.56 Å². The van der Waals surface area contributed by atoms with Crippen LogP contribution in [-0.2, 0) is 17.9 Å². The summed E-state index contributed by atoms with van der Waals surface area (Å²) in [6, 6.07) is 15.4. The fourth-order valence-electron chi connectivity index (χ4n) is 3.25. The summed E-state index contributed by atoms with van der Waals surface area (Å²) in [4.78, 5) is 28.4. The number of H-pyrrole nitrogens is 1. The zero-order valence-electron chi connectivity index (χ0n) is 17.1. The normalized spacial score (nSPS) is 12.0. The summed E-state index contributed by atoms with van der Waals surface area (Å²) in [5.74, 6) is -0.381. The van der Waals surface area contributed by atoms with Crippen LogP contribution in [0.3, 0.4) is 0 Å². The summed E-state index contributed by atoms with van der Waals surface area (Å²) in [5, 5.41) is 10.3. The van der Waals surface area contributed by atoms with Crippen LogP contribution in [0.15, 0.2) is 64.2 Å². The van der Waals surface area contributed by atoms with Crippen molar-refractivity contribution < 1.29 is 14.2 Å². The Morgan fingerprint density at radius 1 is 1.16 bits per heavy atom. The van der Waals surface area contributed by atoms with Crippen molar-refractivity contribution in [1.29, 1.82) is 0 Å². The number of hydrogen-bond donors (Lipinski definition) is 3. The quantitative estimate of drug-likeness (QED) is 0.474. The number of nitrogens with zero attached hydrogens (tertiary/aromatic N) is 2. The van der Waals surface area contributed by atoms with Crippen molar-refractivity contribution in [3.8, 4) is 0 Å². The van der Waals surface area contributed by atoms with E-state index in [4.69, 9.17) is 10.5 Å². The molecule has 4 N–H and O–H groups in total. The number of benzene rings is 2. The molecule has 8 nitrogen and oxygen atoms in total. The van der Waals surface area contributed by atoms with E-state index in [1.165, 1.54) is 15.5 Å². The Balaban J connectivity index is 1.68. The van der Waals surface area contributed by atoms with Crippen molar-refractivity contribution in [2.75, 3.05) is 30.8 Å². The number of nitrogens with two attached hydrogens (primary N) is 1. The van der Waals surface area contributed by atoms with E-state index in [2.05, 4.69) is 4.98 Å². The number of halogens is 1. The Kier molecular flexibility index (Phi) is 7.22. The van der Waals surface area contributed by atoms with Gasteiger partial charge >= 0.3 is 5.69 Å². The van der Waals surface area contributed by atoms with Crippen LogP contribution in [0.25, 0.3) is 0 Å². The van der Waals surface area contributed by atoms with Gasteiger partial charge in [0.05, 0.1) is 25.9 Å². The SMILES string of the molecule is CN(CC(O)COCc1ccccc1F)c1c(N)n(Cc2ccccc2)c(=O)[nH]c1=O. The molecule has 0 saturated carbocycles. The van der Waals surface area contributed by atoms with E-state index in [1.807, 2.05) is 30.3 Å². The lowest BCUT2D eigenvalue weighted by molar-refractivity contribution is 0.0314. The lowest BCUT2D eigenvalue weighted by atomic mass is 10.2. The van der Waals surface area contributed by atoms with Gasteiger partial charge in [-0.1, -0.05) is 48.5 Å². The fraction of sp³-hybridized carbons (Fsp3) is 0.273. The molecular weight excluding hydrogens is 403 g/mol. The molecule has 0 aliphatic carbocycles. The van der Waals surface area contributed by atoms with Gasteiger partial charge in [0.15, 0.2) is 0 Å². The van der Waals surface area contributed by atoms with Crippen LogP contribution in [0.1, 0.15) is 11.1 Å². The minimum Gasteiger partial charge on any atom is -0.389 e. The number of ether oxygens (including phenoxy) is 1. The second-order valence-corrected chi connectivity index (χ2v) is 7.21. The van der Waals surface area contributed by atoms with Crippen LogP contribution in [0.5, 0.6) is 0 Å². The number of nitrogens with one attached hydrogen (secondary N) is 1. The van der Waals surface area contributed by atoms with Crippen LogP contribution >= 0.6 is 0 Å². The Morgan fingerprint density at radius 2 is 1.84 bits per heavy atom. The first kappa shape index (κ1) is 22.3. The third-order valence-corrected chi connectivity index (χ3v) is 4.79.